The van der Waals surface area contributed by atoms with Gasteiger partial charge in [-0.2, -0.15) is 0 Å². The highest BCUT2D eigenvalue weighted by Gasteiger charge is 2.55. The molecule has 20 heavy (non-hydrogen) atoms. The van der Waals surface area contributed by atoms with Crippen molar-refractivity contribution in [2.24, 2.45) is 11.1 Å². The Balaban J connectivity index is 2.52. The van der Waals surface area contributed by atoms with Gasteiger partial charge in [0.1, 0.15) is 0 Å². The van der Waals surface area contributed by atoms with Crippen molar-refractivity contribution >= 4 is 9.84 Å². The van der Waals surface area contributed by atoms with Crippen LogP contribution in [0, 0.1) is 5.41 Å². The maximum absolute atomic E-state index is 11.9. The van der Waals surface area contributed by atoms with Gasteiger partial charge in [0.2, 0.25) is 0 Å². The highest BCUT2D eigenvalue weighted by molar-refractivity contribution is 7.91. The lowest BCUT2D eigenvalue weighted by atomic mass is 9.66. The zero-order chi connectivity index (χ0) is 14.9. The molecule has 5 heteroatoms. The predicted molar refractivity (Wildman–Crippen MR) is 80.0 cm³/mol. The van der Waals surface area contributed by atoms with Gasteiger partial charge in [0.15, 0.2) is 9.84 Å². The van der Waals surface area contributed by atoms with Crippen molar-refractivity contribution in [3.05, 3.63) is 35.9 Å². The largest absolute Gasteiger partial charge is 0.384 e. The smallest absolute Gasteiger partial charge is 0.151 e. The van der Waals surface area contributed by atoms with Crippen LogP contribution < -0.4 is 5.73 Å². The number of aliphatic hydroxyl groups is 1. The van der Waals surface area contributed by atoms with Gasteiger partial charge < -0.3 is 10.8 Å². The van der Waals surface area contributed by atoms with E-state index in [1.807, 2.05) is 37.3 Å². The summed E-state index contributed by atoms with van der Waals surface area (Å²) in [5, 5.41) is 11.3. The second-order valence-electron chi connectivity index (χ2n) is 5.80. The van der Waals surface area contributed by atoms with Crippen LogP contribution in [0.25, 0.3) is 0 Å². The maximum atomic E-state index is 11.9. The summed E-state index contributed by atoms with van der Waals surface area (Å²) in [7, 11) is -3.12. The number of rotatable bonds is 5. The van der Waals surface area contributed by atoms with Crippen LogP contribution in [0.2, 0.25) is 0 Å². The Morgan fingerprint density at radius 1 is 1.35 bits per heavy atom. The van der Waals surface area contributed by atoms with Gasteiger partial charge in [0.25, 0.3) is 0 Å². The summed E-state index contributed by atoms with van der Waals surface area (Å²) in [6, 6.07) is 9.33. The van der Waals surface area contributed by atoms with Crippen molar-refractivity contribution in [2.75, 3.05) is 18.1 Å². The Hall–Kier alpha value is -0.910. The molecule has 1 fully saturated rings. The molecule has 0 aromatic heterocycles. The van der Waals surface area contributed by atoms with Crippen LogP contribution in [0.1, 0.15) is 31.7 Å². The first-order chi connectivity index (χ1) is 9.39. The van der Waals surface area contributed by atoms with Crippen molar-refractivity contribution in [1.29, 1.82) is 0 Å². The van der Waals surface area contributed by atoms with E-state index in [-0.39, 0.29) is 18.1 Å². The third-order valence-corrected chi connectivity index (χ3v) is 6.34. The Morgan fingerprint density at radius 3 is 2.45 bits per heavy atom. The van der Waals surface area contributed by atoms with Crippen molar-refractivity contribution in [2.45, 2.75) is 31.8 Å². The number of benzene rings is 1. The lowest BCUT2D eigenvalue weighted by Crippen LogP contribution is -2.51. The standard InChI is InChI=1S/C15H23NO3S/c1-2-8-15(17,13-6-4-3-5-7-13)14(11-16)9-10-20(18,19)12-14/h3-7,17H,2,8-12,16H2,1H3. The van der Waals surface area contributed by atoms with Gasteiger partial charge in [-0.15, -0.1) is 0 Å². The normalized spacial score (nSPS) is 28.1. The molecule has 2 unspecified atom stereocenters. The summed E-state index contributed by atoms with van der Waals surface area (Å²) in [6.45, 7) is 2.17. The van der Waals surface area contributed by atoms with Gasteiger partial charge in [0, 0.05) is 12.0 Å². The highest BCUT2D eigenvalue weighted by atomic mass is 32.2. The van der Waals surface area contributed by atoms with Gasteiger partial charge in [-0.25, -0.2) is 8.42 Å². The number of nitrogens with two attached hydrogens (primary N) is 1. The highest BCUT2D eigenvalue weighted by Crippen LogP contribution is 2.49. The minimum absolute atomic E-state index is 0.0259. The van der Waals surface area contributed by atoms with Gasteiger partial charge in [-0.3, -0.25) is 0 Å². The molecule has 1 aromatic carbocycles. The maximum Gasteiger partial charge on any atom is 0.151 e. The molecule has 4 nitrogen and oxygen atoms in total. The van der Waals surface area contributed by atoms with Crippen LogP contribution in [-0.4, -0.2) is 31.6 Å². The van der Waals surface area contributed by atoms with E-state index in [0.717, 1.165) is 12.0 Å². The average Bonchev–Trinajstić information content (AvgIpc) is 2.77. The lowest BCUT2D eigenvalue weighted by molar-refractivity contribution is -0.0820. The van der Waals surface area contributed by atoms with Gasteiger partial charge in [-0.05, 0) is 18.4 Å². The van der Waals surface area contributed by atoms with E-state index < -0.39 is 20.9 Å². The van der Waals surface area contributed by atoms with Crippen LogP contribution in [0.4, 0.5) is 0 Å². The fraction of sp³-hybridized carbons (Fsp3) is 0.600. The number of hydrogen-bond donors (Lipinski definition) is 2. The van der Waals surface area contributed by atoms with Crippen molar-refractivity contribution in [3.63, 3.8) is 0 Å². The van der Waals surface area contributed by atoms with Crippen LogP contribution in [0.15, 0.2) is 30.3 Å². The van der Waals surface area contributed by atoms with E-state index in [2.05, 4.69) is 0 Å². The minimum atomic E-state index is -3.12. The first kappa shape index (κ1) is 15.5. The van der Waals surface area contributed by atoms with Crippen LogP contribution in [-0.2, 0) is 15.4 Å². The molecule has 1 heterocycles. The predicted octanol–water partition coefficient (Wildman–Crippen LogP) is 1.44. The quantitative estimate of drug-likeness (QED) is 0.862. The van der Waals surface area contributed by atoms with E-state index in [0.29, 0.717) is 12.8 Å². The summed E-state index contributed by atoms with van der Waals surface area (Å²) in [5.41, 5.74) is 4.73. The molecular weight excluding hydrogens is 274 g/mol. The molecule has 0 saturated carbocycles. The Morgan fingerprint density at radius 2 is 2.00 bits per heavy atom. The fourth-order valence-electron chi connectivity index (χ4n) is 3.36. The molecule has 0 amide bonds. The zero-order valence-corrected chi connectivity index (χ0v) is 12.7. The van der Waals surface area contributed by atoms with E-state index in [4.69, 9.17) is 5.73 Å². The molecule has 1 aromatic rings. The summed E-state index contributed by atoms with van der Waals surface area (Å²) in [5.74, 6) is 0.0882. The van der Waals surface area contributed by atoms with Gasteiger partial charge in [0.05, 0.1) is 17.1 Å². The summed E-state index contributed by atoms with van der Waals surface area (Å²) >= 11 is 0. The Bertz CT molecular complexity index is 558. The van der Waals surface area contributed by atoms with E-state index in [1.165, 1.54) is 0 Å². The molecule has 1 aliphatic rings. The molecule has 1 aliphatic heterocycles. The van der Waals surface area contributed by atoms with Crippen molar-refractivity contribution in [1.82, 2.24) is 0 Å². The topological polar surface area (TPSA) is 80.4 Å². The molecule has 3 N–H and O–H groups in total. The van der Waals surface area contributed by atoms with Crippen molar-refractivity contribution < 1.29 is 13.5 Å². The van der Waals surface area contributed by atoms with Gasteiger partial charge >= 0.3 is 0 Å². The molecule has 0 radical (unpaired) electrons. The summed E-state index contributed by atoms with van der Waals surface area (Å²) in [6.07, 6.45) is 1.72. The summed E-state index contributed by atoms with van der Waals surface area (Å²) < 4.78 is 23.8. The first-order valence-electron chi connectivity index (χ1n) is 7.07. The zero-order valence-electron chi connectivity index (χ0n) is 11.9. The summed E-state index contributed by atoms with van der Waals surface area (Å²) in [4.78, 5) is 0. The Kier molecular flexibility index (Phi) is 4.23. The molecule has 0 spiro atoms. The van der Waals surface area contributed by atoms with E-state index in [1.54, 1.807) is 0 Å². The van der Waals surface area contributed by atoms with Gasteiger partial charge in [-0.1, -0.05) is 43.7 Å². The minimum Gasteiger partial charge on any atom is -0.384 e. The van der Waals surface area contributed by atoms with E-state index >= 15 is 0 Å². The molecular formula is C15H23NO3S. The third kappa shape index (κ3) is 2.50. The van der Waals surface area contributed by atoms with Crippen molar-refractivity contribution in [3.8, 4) is 0 Å². The molecule has 0 bridgehead atoms. The fourth-order valence-corrected chi connectivity index (χ4v) is 5.55. The second-order valence-corrected chi connectivity index (χ2v) is 7.99. The third-order valence-electron chi connectivity index (χ3n) is 4.52. The van der Waals surface area contributed by atoms with Crippen LogP contribution in [0.3, 0.4) is 0 Å². The van der Waals surface area contributed by atoms with Crippen LogP contribution in [0.5, 0.6) is 0 Å². The molecule has 112 valence electrons. The second kappa shape index (κ2) is 5.47. The SMILES string of the molecule is CCCC(O)(c1ccccc1)C1(CN)CCS(=O)(=O)C1. The number of hydrogen-bond acceptors (Lipinski definition) is 4. The number of sulfone groups is 1. The lowest BCUT2D eigenvalue weighted by Gasteiger charge is -2.44. The molecule has 1 saturated heterocycles. The molecule has 0 aliphatic carbocycles. The molecule has 2 rings (SSSR count). The molecule has 2 atom stereocenters. The average molecular weight is 297 g/mol. The van der Waals surface area contributed by atoms with Crippen LogP contribution >= 0.6 is 0 Å². The monoisotopic (exact) mass is 297 g/mol. The van der Waals surface area contributed by atoms with E-state index in [9.17, 15) is 13.5 Å². The first-order valence-corrected chi connectivity index (χ1v) is 8.90. The Labute approximate surface area is 120 Å².